The molecule has 2 aromatic heterocycles. The van der Waals surface area contributed by atoms with Crippen molar-refractivity contribution in [2.24, 2.45) is 0 Å². The lowest BCUT2D eigenvalue weighted by Crippen LogP contribution is -2.07. The predicted octanol–water partition coefficient (Wildman–Crippen LogP) is 2.77. The van der Waals surface area contributed by atoms with Crippen LogP contribution in [0.2, 0.25) is 0 Å². The van der Waals surface area contributed by atoms with Gasteiger partial charge in [-0.25, -0.2) is 0 Å². The molecule has 7 nitrogen and oxygen atoms in total. The van der Waals surface area contributed by atoms with Crippen LogP contribution in [-0.4, -0.2) is 44.6 Å². The number of nitriles is 1. The topological polar surface area (TPSA) is 85.7 Å². The molecule has 0 radical (unpaired) electrons. The standard InChI is InChI=1S/C18H19N5O2S/c1-25-10-9-23-13-20-21-18(23)26-12-17(24)15-11-22(8-4-7-19)16-6-3-2-5-14(15)16/h2-3,5-6,11,13H,4,8-10,12H2,1H3. The molecule has 134 valence electrons. The number of rotatable bonds is 9. The van der Waals surface area contributed by atoms with Crippen molar-refractivity contribution in [3.63, 3.8) is 0 Å². The molecule has 0 N–H and O–H groups in total. The highest BCUT2D eigenvalue weighted by atomic mass is 32.2. The molecule has 2 heterocycles. The third-order valence-corrected chi connectivity index (χ3v) is 4.98. The van der Waals surface area contributed by atoms with Gasteiger partial charge in [0.2, 0.25) is 0 Å². The van der Waals surface area contributed by atoms with E-state index in [2.05, 4.69) is 16.3 Å². The summed E-state index contributed by atoms with van der Waals surface area (Å²) in [6.07, 6.45) is 3.89. The van der Waals surface area contributed by atoms with Crippen LogP contribution in [0.25, 0.3) is 10.9 Å². The summed E-state index contributed by atoms with van der Waals surface area (Å²) in [4.78, 5) is 12.8. The van der Waals surface area contributed by atoms with Crippen molar-refractivity contribution >= 4 is 28.4 Å². The summed E-state index contributed by atoms with van der Waals surface area (Å²) < 4.78 is 8.91. The Morgan fingerprint density at radius 1 is 1.31 bits per heavy atom. The SMILES string of the molecule is COCCn1cnnc1SCC(=O)c1cn(CCC#N)c2ccccc12. The molecular weight excluding hydrogens is 350 g/mol. The number of methoxy groups -OCH3 is 1. The first-order valence-electron chi connectivity index (χ1n) is 8.22. The molecule has 0 fully saturated rings. The van der Waals surface area contributed by atoms with E-state index in [-0.39, 0.29) is 11.5 Å². The number of nitrogens with zero attached hydrogens (tertiary/aromatic N) is 5. The maximum Gasteiger partial charge on any atom is 0.191 e. The number of carbonyl (C=O) groups is 1. The second-order valence-electron chi connectivity index (χ2n) is 5.67. The van der Waals surface area contributed by atoms with E-state index in [9.17, 15) is 4.79 Å². The molecule has 0 aliphatic heterocycles. The summed E-state index contributed by atoms with van der Waals surface area (Å²) in [7, 11) is 1.64. The number of para-hydroxylation sites is 1. The van der Waals surface area contributed by atoms with E-state index in [1.165, 1.54) is 11.8 Å². The fraction of sp³-hybridized carbons (Fsp3) is 0.333. The number of hydrogen-bond acceptors (Lipinski definition) is 6. The first-order chi connectivity index (χ1) is 12.7. The Balaban J connectivity index is 1.76. The highest BCUT2D eigenvalue weighted by Crippen LogP contribution is 2.24. The number of ketones is 1. The number of aromatic nitrogens is 4. The summed E-state index contributed by atoms with van der Waals surface area (Å²) >= 11 is 1.37. The third-order valence-electron chi connectivity index (χ3n) is 4.00. The van der Waals surface area contributed by atoms with Crippen molar-refractivity contribution in [1.29, 1.82) is 5.26 Å². The number of aryl methyl sites for hydroxylation is 1. The highest BCUT2D eigenvalue weighted by Gasteiger charge is 2.16. The molecule has 0 spiro atoms. The van der Waals surface area contributed by atoms with Crippen LogP contribution in [0.3, 0.4) is 0 Å². The molecule has 8 heteroatoms. The monoisotopic (exact) mass is 369 g/mol. The van der Waals surface area contributed by atoms with Crippen molar-refractivity contribution in [3.05, 3.63) is 42.4 Å². The minimum atomic E-state index is 0.0307. The Hall–Kier alpha value is -2.63. The molecular formula is C18H19N5O2S. The van der Waals surface area contributed by atoms with Crippen molar-refractivity contribution in [2.75, 3.05) is 19.5 Å². The predicted molar refractivity (Wildman–Crippen MR) is 99.1 cm³/mol. The molecule has 0 atom stereocenters. The van der Waals surface area contributed by atoms with Gasteiger partial charge in [-0.1, -0.05) is 30.0 Å². The third kappa shape index (κ3) is 3.95. The molecule has 0 amide bonds. The second kappa shape index (κ2) is 8.65. The van der Waals surface area contributed by atoms with Crippen molar-refractivity contribution in [3.8, 4) is 6.07 Å². The van der Waals surface area contributed by atoms with Crippen molar-refractivity contribution in [1.82, 2.24) is 19.3 Å². The first-order valence-corrected chi connectivity index (χ1v) is 9.20. The number of carbonyl (C=O) groups excluding carboxylic acids is 1. The fourth-order valence-electron chi connectivity index (χ4n) is 2.73. The van der Waals surface area contributed by atoms with E-state index in [0.29, 0.717) is 36.8 Å². The number of hydrogen-bond donors (Lipinski definition) is 0. The zero-order chi connectivity index (χ0) is 18.4. The average Bonchev–Trinajstić information content (AvgIpc) is 3.27. The molecule has 0 aliphatic rings. The van der Waals surface area contributed by atoms with E-state index >= 15 is 0 Å². The quantitative estimate of drug-likeness (QED) is 0.426. The van der Waals surface area contributed by atoms with Crippen LogP contribution in [0.4, 0.5) is 0 Å². The van der Waals surface area contributed by atoms with Crippen LogP contribution in [0.1, 0.15) is 16.8 Å². The van der Waals surface area contributed by atoms with Crippen LogP contribution < -0.4 is 0 Å². The molecule has 0 saturated carbocycles. The van der Waals surface area contributed by atoms with Crippen LogP contribution in [0.15, 0.2) is 41.9 Å². The van der Waals surface area contributed by atoms with Crippen LogP contribution in [-0.2, 0) is 17.8 Å². The van der Waals surface area contributed by atoms with Gasteiger partial charge in [-0.15, -0.1) is 10.2 Å². The van der Waals surface area contributed by atoms with E-state index < -0.39 is 0 Å². The van der Waals surface area contributed by atoms with E-state index in [1.54, 1.807) is 13.4 Å². The number of thioether (sulfide) groups is 1. The molecule has 0 aliphatic carbocycles. The largest absolute Gasteiger partial charge is 0.383 e. The van der Waals surface area contributed by atoms with Crippen LogP contribution in [0, 0.1) is 11.3 Å². The van der Waals surface area contributed by atoms with Gasteiger partial charge in [0.25, 0.3) is 0 Å². The Labute approximate surface area is 155 Å². The molecule has 0 bridgehead atoms. The van der Waals surface area contributed by atoms with E-state index in [0.717, 1.165) is 10.9 Å². The lowest BCUT2D eigenvalue weighted by atomic mass is 10.1. The Kier molecular flexibility index (Phi) is 6.04. The summed E-state index contributed by atoms with van der Waals surface area (Å²) in [5.41, 5.74) is 1.65. The van der Waals surface area contributed by atoms with Gasteiger partial charge in [0.1, 0.15) is 6.33 Å². The van der Waals surface area contributed by atoms with Crippen molar-refractivity contribution in [2.45, 2.75) is 24.7 Å². The average molecular weight is 369 g/mol. The minimum Gasteiger partial charge on any atom is -0.383 e. The Bertz CT molecular complexity index is 941. The first kappa shape index (κ1) is 18.2. The van der Waals surface area contributed by atoms with Gasteiger partial charge < -0.3 is 13.9 Å². The van der Waals surface area contributed by atoms with E-state index in [1.807, 2.05) is 39.6 Å². The number of fused-ring (bicyclic) bond motifs is 1. The lowest BCUT2D eigenvalue weighted by molar-refractivity contribution is 0.102. The number of Topliss-reactive ketones (excluding diaryl/α,β-unsaturated/α-hetero) is 1. The zero-order valence-electron chi connectivity index (χ0n) is 14.5. The van der Waals surface area contributed by atoms with Crippen LogP contribution in [0.5, 0.6) is 0 Å². The molecule has 3 rings (SSSR count). The fourth-order valence-corrected chi connectivity index (χ4v) is 3.56. The molecule has 26 heavy (non-hydrogen) atoms. The van der Waals surface area contributed by atoms with Gasteiger partial charge in [0.05, 0.1) is 24.8 Å². The Morgan fingerprint density at radius 2 is 2.15 bits per heavy atom. The maximum atomic E-state index is 12.8. The highest BCUT2D eigenvalue weighted by molar-refractivity contribution is 7.99. The summed E-state index contributed by atoms with van der Waals surface area (Å²) in [6.45, 7) is 1.78. The number of benzene rings is 1. The van der Waals surface area contributed by atoms with E-state index in [4.69, 9.17) is 10.00 Å². The van der Waals surface area contributed by atoms with Gasteiger partial charge in [0.15, 0.2) is 10.9 Å². The molecule has 3 aromatic rings. The lowest BCUT2D eigenvalue weighted by Gasteiger charge is -2.04. The maximum absolute atomic E-state index is 12.8. The normalized spacial score (nSPS) is 10.9. The van der Waals surface area contributed by atoms with Gasteiger partial charge >= 0.3 is 0 Å². The second-order valence-corrected chi connectivity index (χ2v) is 6.62. The summed E-state index contributed by atoms with van der Waals surface area (Å²) in [6, 6.07) is 9.92. The van der Waals surface area contributed by atoms with Gasteiger partial charge in [0, 0.05) is 42.9 Å². The van der Waals surface area contributed by atoms with Gasteiger partial charge in [-0.3, -0.25) is 4.79 Å². The Morgan fingerprint density at radius 3 is 2.96 bits per heavy atom. The summed E-state index contributed by atoms with van der Waals surface area (Å²) in [5.74, 6) is 0.306. The zero-order valence-corrected chi connectivity index (χ0v) is 15.3. The minimum absolute atomic E-state index is 0.0307. The molecule has 0 unspecified atom stereocenters. The van der Waals surface area contributed by atoms with Crippen LogP contribution >= 0.6 is 11.8 Å². The molecule has 1 aromatic carbocycles. The smallest absolute Gasteiger partial charge is 0.191 e. The van der Waals surface area contributed by atoms with Gasteiger partial charge in [-0.2, -0.15) is 5.26 Å². The van der Waals surface area contributed by atoms with Gasteiger partial charge in [-0.05, 0) is 6.07 Å². The van der Waals surface area contributed by atoms with Crippen molar-refractivity contribution < 1.29 is 9.53 Å². The molecule has 0 saturated heterocycles. The summed E-state index contributed by atoms with van der Waals surface area (Å²) in [5, 5.41) is 18.4. The number of ether oxygens (including phenoxy) is 1.